The van der Waals surface area contributed by atoms with Crippen LogP contribution in [-0.2, 0) is 11.3 Å². The first kappa shape index (κ1) is 13.4. The molecule has 1 heterocycles. The van der Waals surface area contributed by atoms with Gasteiger partial charge in [-0.3, -0.25) is 9.48 Å². The monoisotopic (exact) mass is 248 g/mol. The maximum atomic E-state index is 12.2. The SMILES string of the molecule is Nc1cnn(CC(=O)N(CCO)CC(F)F)c1. The van der Waals surface area contributed by atoms with Gasteiger partial charge >= 0.3 is 0 Å². The first-order chi connectivity index (χ1) is 8.02. The van der Waals surface area contributed by atoms with Gasteiger partial charge in [0.15, 0.2) is 0 Å². The Labute approximate surface area is 96.6 Å². The van der Waals surface area contributed by atoms with E-state index in [1.807, 2.05) is 0 Å². The van der Waals surface area contributed by atoms with E-state index in [2.05, 4.69) is 5.10 Å². The van der Waals surface area contributed by atoms with Gasteiger partial charge in [0, 0.05) is 12.7 Å². The Balaban J connectivity index is 2.58. The number of hydrogen-bond acceptors (Lipinski definition) is 4. The third-order valence-corrected chi connectivity index (χ3v) is 2.03. The zero-order valence-electron chi connectivity index (χ0n) is 9.09. The summed E-state index contributed by atoms with van der Waals surface area (Å²) in [7, 11) is 0. The molecule has 0 aliphatic heterocycles. The summed E-state index contributed by atoms with van der Waals surface area (Å²) in [5, 5.41) is 12.5. The molecule has 0 spiro atoms. The van der Waals surface area contributed by atoms with Gasteiger partial charge in [-0.25, -0.2) is 8.78 Å². The van der Waals surface area contributed by atoms with Crippen molar-refractivity contribution in [2.24, 2.45) is 0 Å². The van der Waals surface area contributed by atoms with Gasteiger partial charge in [0.25, 0.3) is 6.43 Å². The van der Waals surface area contributed by atoms with Gasteiger partial charge in [0.1, 0.15) is 6.54 Å². The number of aliphatic hydroxyl groups is 1. The van der Waals surface area contributed by atoms with Crippen molar-refractivity contribution in [2.75, 3.05) is 25.4 Å². The normalized spacial score (nSPS) is 10.8. The van der Waals surface area contributed by atoms with Crippen molar-refractivity contribution < 1.29 is 18.7 Å². The number of amides is 1. The molecule has 96 valence electrons. The summed E-state index contributed by atoms with van der Waals surface area (Å²) in [5.41, 5.74) is 5.79. The van der Waals surface area contributed by atoms with Crippen LogP contribution in [0.4, 0.5) is 14.5 Å². The predicted octanol–water partition coefficient (Wildman–Crippen LogP) is -0.449. The molecule has 0 unspecified atom stereocenters. The zero-order valence-corrected chi connectivity index (χ0v) is 9.09. The number of aliphatic hydroxyl groups excluding tert-OH is 1. The maximum Gasteiger partial charge on any atom is 0.255 e. The van der Waals surface area contributed by atoms with Crippen LogP contribution in [0.5, 0.6) is 0 Å². The number of nitrogens with zero attached hydrogens (tertiary/aromatic N) is 3. The van der Waals surface area contributed by atoms with Crippen LogP contribution in [-0.4, -0.2) is 51.8 Å². The molecule has 0 saturated carbocycles. The second-order valence-corrected chi connectivity index (χ2v) is 3.43. The molecule has 0 aliphatic rings. The molecule has 1 aromatic heterocycles. The maximum absolute atomic E-state index is 12.2. The van der Waals surface area contributed by atoms with E-state index in [1.165, 1.54) is 17.1 Å². The molecule has 0 radical (unpaired) electrons. The fourth-order valence-corrected chi connectivity index (χ4v) is 1.31. The lowest BCUT2D eigenvalue weighted by Crippen LogP contribution is -2.39. The minimum Gasteiger partial charge on any atom is -0.396 e. The molecule has 0 aliphatic carbocycles. The Morgan fingerprint density at radius 1 is 1.65 bits per heavy atom. The van der Waals surface area contributed by atoms with Crippen LogP contribution in [0.1, 0.15) is 0 Å². The number of carbonyl (C=O) groups is 1. The van der Waals surface area contributed by atoms with Crippen LogP contribution in [0.3, 0.4) is 0 Å². The first-order valence-corrected chi connectivity index (χ1v) is 4.97. The number of halogens is 2. The Morgan fingerprint density at radius 3 is 2.82 bits per heavy atom. The summed E-state index contributed by atoms with van der Waals surface area (Å²) in [6.07, 6.45) is 0.155. The largest absolute Gasteiger partial charge is 0.396 e. The minimum atomic E-state index is -2.63. The molecule has 0 aromatic carbocycles. The fraction of sp³-hybridized carbons (Fsp3) is 0.556. The number of alkyl halides is 2. The van der Waals surface area contributed by atoms with Crippen LogP contribution < -0.4 is 5.73 Å². The van der Waals surface area contributed by atoms with Gasteiger partial charge in [-0.15, -0.1) is 0 Å². The van der Waals surface area contributed by atoms with Crippen molar-refractivity contribution in [3.63, 3.8) is 0 Å². The van der Waals surface area contributed by atoms with E-state index in [0.717, 1.165) is 4.90 Å². The molecule has 6 nitrogen and oxygen atoms in total. The van der Waals surface area contributed by atoms with Crippen molar-refractivity contribution in [1.29, 1.82) is 0 Å². The molecule has 0 fully saturated rings. The fourth-order valence-electron chi connectivity index (χ4n) is 1.31. The predicted molar refractivity (Wildman–Crippen MR) is 56.3 cm³/mol. The highest BCUT2D eigenvalue weighted by Gasteiger charge is 2.18. The Kier molecular flexibility index (Phi) is 4.83. The molecule has 0 atom stereocenters. The van der Waals surface area contributed by atoms with E-state index in [-0.39, 0.29) is 19.7 Å². The van der Waals surface area contributed by atoms with Crippen LogP contribution in [0.2, 0.25) is 0 Å². The summed E-state index contributed by atoms with van der Waals surface area (Å²) in [4.78, 5) is 12.5. The first-order valence-electron chi connectivity index (χ1n) is 4.97. The van der Waals surface area contributed by atoms with E-state index < -0.39 is 18.9 Å². The molecule has 17 heavy (non-hydrogen) atoms. The summed E-state index contributed by atoms with van der Waals surface area (Å²) in [6, 6.07) is 0. The summed E-state index contributed by atoms with van der Waals surface area (Å²) in [5.74, 6) is -0.539. The highest BCUT2D eigenvalue weighted by molar-refractivity contribution is 5.76. The molecule has 1 rings (SSSR count). The Morgan fingerprint density at radius 2 is 2.35 bits per heavy atom. The average molecular weight is 248 g/mol. The minimum absolute atomic E-state index is 0.125. The third-order valence-electron chi connectivity index (χ3n) is 2.03. The van der Waals surface area contributed by atoms with Crippen molar-refractivity contribution in [3.05, 3.63) is 12.4 Å². The Hall–Kier alpha value is -1.70. The van der Waals surface area contributed by atoms with Gasteiger partial charge < -0.3 is 15.7 Å². The van der Waals surface area contributed by atoms with Gasteiger partial charge in [-0.05, 0) is 0 Å². The Bertz CT molecular complexity index is 370. The zero-order chi connectivity index (χ0) is 12.8. The third kappa shape index (κ3) is 4.35. The van der Waals surface area contributed by atoms with Crippen LogP contribution in [0.25, 0.3) is 0 Å². The van der Waals surface area contributed by atoms with E-state index in [0.29, 0.717) is 5.69 Å². The highest BCUT2D eigenvalue weighted by Crippen LogP contribution is 2.02. The van der Waals surface area contributed by atoms with E-state index in [4.69, 9.17) is 10.8 Å². The number of nitrogen functional groups attached to an aromatic ring is 1. The van der Waals surface area contributed by atoms with Crippen molar-refractivity contribution in [1.82, 2.24) is 14.7 Å². The van der Waals surface area contributed by atoms with Crippen LogP contribution >= 0.6 is 0 Å². The quantitative estimate of drug-likeness (QED) is 0.714. The summed E-state index contributed by atoms with van der Waals surface area (Å²) in [6.45, 7) is -1.36. The lowest BCUT2D eigenvalue weighted by Gasteiger charge is -2.21. The van der Waals surface area contributed by atoms with Crippen LogP contribution in [0.15, 0.2) is 12.4 Å². The number of aromatic nitrogens is 2. The number of carbonyl (C=O) groups excluding carboxylic acids is 1. The molecule has 1 amide bonds. The smallest absolute Gasteiger partial charge is 0.255 e. The van der Waals surface area contributed by atoms with Gasteiger partial charge in [0.2, 0.25) is 5.91 Å². The number of nitrogens with two attached hydrogens (primary N) is 1. The topological polar surface area (TPSA) is 84.4 Å². The number of rotatable bonds is 6. The van der Waals surface area contributed by atoms with Crippen molar-refractivity contribution in [3.8, 4) is 0 Å². The standard InChI is InChI=1S/C9H14F2N4O2/c10-8(11)5-14(1-2-16)9(17)6-15-4-7(12)3-13-15/h3-4,8,16H,1-2,5-6,12H2. The lowest BCUT2D eigenvalue weighted by molar-refractivity contribution is -0.134. The molecular weight excluding hydrogens is 234 g/mol. The highest BCUT2D eigenvalue weighted by atomic mass is 19.3. The van der Waals surface area contributed by atoms with E-state index >= 15 is 0 Å². The average Bonchev–Trinajstić information content (AvgIpc) is 2.62. The number of anilines is 1. The van der Waals surface area contributed by atoms with Crippen molar-refractivity contribution >= 4 is 11.6 Å². The second kappa shape index (κ2) is 6.14. The van der Waals surface area contributed by atoms with Gasteiger partial charge in [0.05, 0.1) is 25.0 Å². The van der Waals surface area contributed by atoms with E-state index in [9.17, 15) is 13.6 Å². The molecule has 3 N–H and O–H groups in total. The van der Waals surface area contributed by atoms with Crippen LogP contribution in [0, 0.1) is 0 Å². The second-order valence-electron chi connectivity index (χ2n) is 3.43. The van der Waals surface area contributed by atoms with E-state index in [1.54, 1.807) is 0 Å². The summed E-state index contributed by atoms with van der Waals surface area (Å²) >= 11 is 0. The molecular formula is C9H14F2N4O2. The molecule has 1 aromatic rings. The molecule has 0 saturated heterocycles. The molecule has 8 heteroatoms. The van der Waals surface area contributed by atoms with Gasteiger partial charge in [-0.2, -0.15) is 5.10 Å². The number of hydrogen-bond donors (Lipinski definition) is 2. The van der Waals surface area contributed by atoms with Crippen molar-refractivity contribution in [2.45, 2.75) is 13.0 Å². The lowest BCUT2D eigenvalue weighted by atomic mass is 10.4. The molecule has 0 bridgehead atoms. The van der Waals surface area contributed by atoms with Gasteiger partial charge in [-0.1, -0.05) is 0 Å². The summed E-state index contributed by atoms with van der Waals surface area (Å²) < 4.78 is 25.6.